The summed E-state index contributed by atoms with van der Waals surface area (Å²) in [6.07, 6.45) is 1.09. The molecule has 85 heavy (non-hydrogen) atoms. The summed E-state index contributed by atoms with van der Waals surface area (Å²) in [6.45, 7) is 45.2. The minimum Gasteiger partial charge on any atom is -0.311 e. The third-order valence-corrected chi connectivity index (χ3v) is 20.3. The molecule has 9 aromatic carbocycles. The SMILES string of the molecule is Cc1cc2c3c(c1)N(c1ccc(C(C)(C)C)cc1-c1ccccc1)c1cc(N(c4ccc(C(C)(C)C)cc4)c4ccc(C(C)(C)C)cc4)ccc1B3c1cc3c(cc1N2c1cc2c(cc1C)C(C)(C)c1ccccc1C2(C)C)C(C)(C)CC3(C)C. The molecule has 2 aliphatic heterocycles. The maximum atomic E-state index is 2.72. The zero-order chi connectivity index (χ0) is 60.5. The highest BCUT2D eigenvalue weighted by Crippen LogP contribution is 2.56. The Morgan fingerprint density at radius 2 is 0.835 bits per heavy atom. The molecule has 2 heterocycles. The van der Waals surface area contributed by atoms with Gasteiger partial charge in [0.1, 0.15) is 0 Å². The molecule has 0 spiro atoms. The molecule has 4 aliphatic rings. The van der Waals surface area contributed by atoms with Crippen LogP contribution in [0, 0.1) is 13.8 Å². The smallest absolute Gasteiger partial charge is 0.252 e. The first-order chi connectivity index (χ1) is 39.9. The van der Waals surface area contributed by atoms with Crippen LogP contribution in [-0.4, -0.2) is 6.71 Å². The Labute approximate surface area is 510 Å². The highest BCUT2D eigenvalue weighted by molar-refractivity contribution is 7.00. The molecule has 0 unspecified atom stereocenters. The molecule has 3 nitrogen and oxygen atoms in total. The minimum atomic E-state index is -0.224. The second-order valence-corrected chi connectivity index (χ2v) is 31.2. The lowest BCUT2D eigenvalue weighted by Crippen LogP contribution is -2.61. The van der Waals surface area contributed by atoms with Crippen LogP contribution in [0.1, 0.15) is 185 Å². The van der Waals surface area contributed by atoms with Gasteiger partial charge >= 0.3 is 0 Å². The number of hydrogen-bond donors (Lipinski definition) is 0. The summed E-state index contributed by atoms with van der Waals surface area (Å²) in [4.78, 5) is 7.88. The predicted molar refractivity (Wildman–Crippen MR) is 368 cm³/mol. The number of hydrogen-bond acceptors (Lipinski definition) is 3. The van der Waals surface area contributed by atoms with Crippen LogP contribution in [0.25, 0.3) is 11.1 Å². The first kappa shape index (κ1) is 56.6. The molecule has 0 amide bonds. The Balaban J connectivity index is 1.13. The summed E-state index contributed by atoms with van der Waals surface area (Å²) in [7, 11) is 0. The molecular weight excluding hydrogens is 1030 g/mol. The molecule has 0 bridgehead atoms. The van der Waals surface area contributed by atoms with Crippen molar-refractivity contribution in [2.45, 2.75) is 176 Å². The molecule has 0 saturated heterocycles. The first-order valence-electron chi connectivity index (χ1n) is 31.4. The van der Waals surface area contributed by atoms with E-state index >= 15 is 0 Å². The van der Waals surface area contributed by atoms with E-state index in [4.69, 9.17) is 0 Å². The monoisotopic (exact) mass is 1110 g/mol. The lowest BCUT2D eigenvalue weighted by atomic mass is 9.33. The van der Waals surface area contributed by atoms with Crippen molar-refractivity contribution in [2.24, 2.45) is 0 Å². The highest BCUT2D eigenvalue weighted by Gasteiger charge is 2.50. The van der Waals surface area contributed by atoms with E-state index < -0.39 is 0 Å². The number of anilines is 9. The summed E-state index contributed by atoms with van der Waals surface area (Å²) in [5.74, 6) is 0. The fourth-order valence-corrected chi connectivity index (χ4v) is 15.8. The van der Waals surface area contributed by atoms with Crippen molar-refractivity contribution >= 4 is 74.3 Å². The molecule has 0 atom stereocenters. The second-order valence-electron chi connectivity index (χ2n) is 31.2. The molecule has 2 aliphatic carbocycles. The average molecular weight is 1110 g/mol. The highest BCUT2D eigenvalue weighted by atomic mass is 15.2. The van der Waals surface area contributed by atoms with Gasteiger partial charge in [-0.05, 0) is 203 Å². The molecule has 13 rings (SSSR count). The van der Waals surface area contributed by atoms with E-state index in [0.29, 0.717) is 0 Å². The van der Waals surface area contributed by atoms with E-state index in [1.165, 1.54) is 123 Å². The van der Waals surface area contributed by atoms with Crippen molar-refractivity contribution < 1.29 is 0 Å². The second kappa shape index (κ2) is 19.0. The van der Waals surface area contributed by atoms with E-state index in [-0.39, 0.29) is 44.6 Å². The Morgan fingerprint density at radius 1 is 0.376 bits per heavy atom. The van der Waals surface area contributed by atoms with Crippen LogP contribution >= 0.6 is 0 Å². The van der Waals surface area contributed by atoms with Gasteiger partial charge in [-0.2, -0.15) is 0 Å². The van der Waals surface area contributed by atoms with Crippen LogP contribution in [0.4, 0.5) is 51.2 Å². The van der Waals surface area contributed by atoms with Crippen molar-refractivity contribution in [1.82, 2.24) is 0 Å². The Hall–Kier alpha value is -7.56. The molecule has 0 N–H and O–H groups in total. The largest absolute Gasteiger partial charge is 0.311 e. The molecule has 0 radical (unpaired) electrons. The van der Waals surface area contributed by atoms with Gasteiger partial charge in [-0.25, -0.2) is 0 Å². The summed E-state index contributed by atoms with van der Waals surface area (Å²) in [5, 5.41) is 0. The molecule has 4 heteroatoms. The topological polar surface area (TPSA) is 9.72 Å². The fourth-order valence-electron chi connectivity index (χ4n) is 15.8. The summed E-state index contributed by atoms with van der Waals surface area (Å²) in [5.41, 5.74) is 31.8. The molecular formula is C81H88BN3. The van der Waals surface area contributed by atoms with Crippen molar-refractivity contribution in [2.75, 3.05) is 14.7 Å². The van der Waals surface area contributed by atoms with Crippen molar-refractivity contribution in [3.8, 4) is 11.1 Å². The lowest BCUT2D eigenvalue weighted by Gasteiger charge is -2.47. The van der Waals surface area contributed by atoms with Crippen molar-refractivity contribution in [3.63, 3.8) is 0 Å². The predicted octanol–water partition coefficient (Wildman–Crippen LogP) is 20.3. The number of rotatable bonds is 6. The molecule has 0 fully saturated rings. The number of benzene rings is 9. The minimum absolute atomic E-state index is 0.0128. The first-order valence-corrected chi connectivity index (χ1v) is 31.4. The quantitative estimate of drug-likeness (QED) is 0.154. The zero-order valence-electron chi connectivity index (χ0n) is 54.4. The van der Waals surface area contributed by atoms with E-state index in [2.05, 4.69) is 322 Å². The Kier molecular flexibility index (Phi) is 12.6. The summed E-state index contributed by atoms with van der Waals surface area (Å²) in [6, 6.07) is 69.3. The fraction of sp³-hybridized carbons (Fsp3) is 0.333. The molecule has 430 valence electrons. The van der Waals surface area contributed by atoms with E-state index in [0.717, 1.165) is 23.5 Å². The van der Waals surface area contributed by atoms with Crippen molar-refractivity contribution in [3.05, 3.63) is 237 Å². The summed E-state index contributed by atoms with van der Waals surface area (Å²) >= 11 is 0. The van der Waals surface area contributed by atoms with Gasteiger partial charge in [0.25, 0.3) is 6.71 Å². The number of fused-ring (bicyclic) bond motifs is 7. The van der Waals surface area contributed by atoms with Gasteiger partial charge in [0.05, 0.1) is 5.69 Å². The average Bonchev–Trinajstić information content (AvgIpc) is 1.45. The third-order valence-electron chi connectivity index (χ3n) is 20.3. The molecule has 0 aromatic heterocycles. The van der Waals surface area contributed by atoms with E-state index in [9.17, 15) is 0 Å². The van der Waals surface area contributed by atoms with Crippen LogP contribution in [0.2, 0.25) is 0 Å². The maximum Gasteiger partial charge on any atom is 0.252 e. The van der Waals surface area contributed by atoms with Crippen LogP contribution < -0.4 is 31.1 Å². The van der Waals surface area contributed by atoms with Gasteiger partial charge in [-0.15, -0.1) is 0 Å². The van der Waals surface area contributed by atoms with Gasteiger partial charge in [-0.1, -0.05) is 221 Å². The number of aryl methyl sites for hydroxylation is 2. The van der Waals surface area contributed by atoms with Gasteiger partial charge in [0.2, 0.25) is 0 Å². The Morgan fingerprint density at radius 3 is 1.38 bits per heavy atom. The van der Waals surface area contributed by atoms with Crippen molar-refractivity contribution in [1.29, 1.82) is 0 Å². The van der Waals surface area contributed by atoms with E-state index in [1.54, 1.807) is 0 Å². The van der Waals surface area contributed by atoms with Gasteiger partial charge in [-0.3, -0.25) is 0 Å². The summed E-state index contributed by atoms with van der Waals surface area (Å²) < 4.78 is 0. The van der Waals surface area contributed by atoms with Crippen LogP contribution in [-0.2, 0) is 37.9 Å². The lowest BCUT2D eigenvalue weighted by molar-refractivity contribution is 0.403. The molecule has 9 aromatic rings. The zero-order valence-corrected chi connectivity index (χ0v) is 54.4. The maximum absolute atomic E-state index is 2.72. The normalized spacial score (nSPS) is 16.7. The van der Waals surface area contributed by atoms with E-state index in [1.807, 2.05) is 0 Å². The van der Waals surface area contributed by atoms with Gasteiger partial charge in [0.15, 0.2) is 0 Å². The van der Waals surface area contributed by atoms with Crippen LogP contribution in [0.15, 0.2) is 176 Å². The van der Waals surface area contributed by atoms with Crippen LogP contribution in [0.3, 0.4) is 0 Å². The Bertz CT molecular complexity index is 4110. The molecule has 0 saturated carbocycles. The van der Waals surface area contributed by atoms with Crippen LogP contribution in [0.5, 0.6) is 0 Å². The standard InChI is InChI=1S/C81H88BN3/c1-50-41-72-74-73(42-50)85(69-48-65-64(43-51(69)2)80(16,17)60-27-23-24-28-61(60)81(65,18)19)71-47-63-62(78(12,13)49-79(63,14)15)46-67(71)82(74)66-39-38-58(45-70(66)84(72)68-40-33-55(77(9,10)11)44-59(68)52-25-21-20-22-26-52)83(56-34-29-53(30-35-56)75(3,4)5)57-36-31-54(32-37-57)76(6,7)8/h20-48H,49H2,1-19H3. The van der Waals surface area contributed by atoms with Gasteiger partial charge < -0.3 is 14.7 Å². The van der Waals surface area contributed by atoms with Gasteiger partial charge in [0, 0.05) is 61.9 Å². The third kappa shape index (κ3) is 8.96. The number of nitrogens with zero attached hydrogens (tertiary/aromatic N) is 3.